The van der Waals surface area contributed by atoms with Gasteiger partial charge < -0.3 is 15.0 Å². The molecule has 0 spiro atoms. The predicted molar refractivity (Wildman–Crippen MR) is 91.1 cm³/mol. The van der Waals surface area contributed by atoms with Crippen LogP contribution in [0.3, 0.4) is 0 Å². The van der Waals surface area contributed by atoms with Crippen LogP contribution in [0.1, 0.15) is 34.6 Å². The van der Waals surface area contributed by atoms with Gasteiger partial charge in [0.15, 0.2) is 0 Å². The van der Waals surface area contributed by atoms with E-state index in [0.29, 0.717) is 24.6 Å². The van der Waals surface area contributed by atoms with Crippen molar-refractivity contribution in [3.63, 3.8) is 0 Å². The molecule has 4 rings (SSSR count). The highest BCUT2D eigenvalue weighted by atomic mass is 32.1. The first-order valence-electron chi connectivity index (χ1n) is 8.33. The van der Waals surface area contributed by atoms with E-state index in [0.717, 1.165) is 12.8 Å². The second-order valence-electron chi connectivity index (χ2n) is 6.85. The highest BCUT2D eigenvalue weighted by molar-refractivity contribution is 7.09. The van der Waals surface area contributed by atoms with Gasteiger partial charge in [0.1, 0.15) is 5.69 Å². The van der Waals surface area contributed by atoms with Crippen LogP contribution in [-0.2, 0) is 11.3 Å². The molecule has 2 bridgehead atoms. The van der Waals surface area contributed by atoms with Crippen LogP contribution in [0, 0.1) is 17.8 Å². The number of carbonyl (C=O) groups excluding carboxylic acids is 1. The fraction of sp³-hybridized carbons (Fsp3) is 0.444. The number of nitrogens with zero attached hydrogens (tertiary/aromatic N) is 1. The molecule has 24 heavy (non-hydrogen) atoms. The largest absolute Gasteiger partial charge is 0.481 e. The Kier molecular flexibility index (Phi) is 3.92. The zero-order chi connectivity index (χ0) is 16.7. The monoisotopic (exact) mass is 344 g/mol. The maximum Gasteiger partial charge on any atom is 0.306 e. The van der Waals surface area contributed by atoms with Gasteiger partial charge in [-0.1, -0.05) is 6.07 Å². The van der Waals surface area contributed by atoms with Gasteiger partial charge in [0.25, 0.3) is 5.91 Å². The second kappa shape index (κ2) is 6.09. The highest BCUT2D eigenvalue weighted by Crippen LogP contribution is 2.48. The molecule has 4 atom stereocenters. The molecule has 2 aromatic rings. The van der Waals surface area contributed by atoms with Crippen LogP contribution in [0.2, 0.25) is 0 Å². The van der Waals surface area contributed by atoms with E-state index in [2.05, 4.69) is 11.4 Å². The molecule has 6 heteroatoms. The van der Waals surface area contributed by atoms with Crippen molar-refractivity contribution in [2.24, 2.45) is 17.8 Å². The fourth-order valence-corrected chi connectivity index (χ4v) is 5.03. The lowest BCUT2D eigenvalue weighted by molar-refractivity contribution is -0.143. The van der Waals surface area contributed by atoms with E-state index in [-0.39, 0.29) is 23.8 Å². The first kappa shape index (κ1) is 15.4. The lowest BCUT2D eigenvalue weighted by Crippen LogP contribution is -2.41. The Morgan fingerprint density at radius 2 is 2.08 bits per heavy atom. The number of rotatable bonds is 5. The first-order valence-corrected chi connectivity index (χ1v) is 9.21. The van der Waals surface area contributed by atoms with Crippen molar-refractivity contribution in [2.75, 3.05) is 0 Å². The number of aromatic nitrogens is 1. The van der Waals surface area contributed by atoms with Crippen molar-refractivity contribution in [1.29, 1.82) is 0 Å². The normalized spacial score (nSPS) is 28.2. The third kappa shape index (κ3) is 2.75. The van der Waals surface area contributed by atoms with E-state index < -0.39 is 5.97 Å². The van der Waals surface area contributed by atoms with Crippen LogP contribution in [0.15, 0.2) is 35.8 Å². The summed E-state index contributed by atoms with van der Waals surface area (Å²) in [6.07, 6.45) is 4.34. The quantitative estimate of drug-likeness (QED) is 0.876. The average molecular weight is 344 g/mol. The molecule has 2 aliphatic carbocycles. The number of amides is 1. The third-order valence-electron chi connectivity index (χ3n) is 5.46. The molecule has 126 valence electrons. The molecule has 0 aliphatic heterocycles. The number of thiophene rings is 1. The van der Waals surface area contributed by atoms with E-state index in [1.165, 1.54) is 4.88 Å². The molecule has 2 N–H and O–H groups in total. The summed E-state index contributed by atoms with van der Waals surface area (Å²) in [6.45, 7) is 0.700. The Morgan fingerprint density at radius 3 is 2.75 bits per heavy atom. The Balaban J connectivity index is 1.41. The lowest BCUT2D eigenvalue weighted by Gasteiger charge is -2.26. The van der Waals surface area contributed by atoms with Gasteiger partial charge in [0.2, 0.25) is 0 Å². The molecule has 2 saturated carbocycles. The van der Waals surface area contributed by atoms with E-state index in [1.807, 2.05) is 34.3 Å². The molecule has 2 aromatic heterocycles. The van der Waals surface area contributed by atoms with Gasteiger partial charge in [-0.05, 0) is 54.7 Å². The molecule has 2 fully saturated rings. The van der Waals surface area contributed by atoms with Crippen LogP contribution < -0.4 is 5.32 Å². The van der Waals surface area contributed by atoms with Crippen LogP contribution in [-0.4, -0.2) is 27.6 Å². The minimum Gasteiger partial charge on any atom is -0.481 e. The van der Waals surface area contributed by atoms with Gasteiger partial charge in [-0.3, -0.25) is 9.59 Å². The van der Waals surface area contributed by atoms with Gasteiger partial charge in [0, 0.05) is 17.1 Å². The Bertz CT molecular complexity index is 752. The smallest absolute Gasteiger partial charge is 0.306 e. The summed E-state index contributed by atoms with van der Waals surface area (Å²) >= 11 is 1.68. The minimum absolute atomic E-state index is 0.0546. The number of carboxylic acids is 1. The van der Waals surface area contributed by atoms with E-state index >= 15 is 0 Å². The summed E-state index contributed by atoms with van der Waals surface area (Å²) in [5.41, 5.74) is 0.668. The van der Waals surface area contributed by atoms with Crippen molar-refractivity contribution in [2.45, 2.75) is 31.8 Å². The highest BCUT2D eigenvalue weighted by Gasteiger charge is 2.49. The number of carbonyl (C=O) groups is 2. The number of hydrogen-bond donors (Lipinski definition) is 2. The molecule has 0 radical (unpaired) electrons. The molecular weight excluding hydrogens is 324 g/mol. The SMILES string of the molecule is O=C(N[C@@H]1C[C@H]2C[C@@H]1C[C@H]2C(=O)O)c1cccn1Cc1cccs1. The Morgan fingerprint density at radius 1 is 1.21 bits per heavy atom. The van der Waals surface area contributed by atoms with Crippen LogP contribution >= 0.6 is 11.3 Å². The zero-order valence-electron chi connectivity index (χ0n) is 13.2. The van der Waals surface area contributed by atoms with Gasteiger partial charge in [-0.15, -0.1) is 11.3 Å². The van der Waals surface area contributed by atoms with E-state index in [4.69, 9.17) is 0 Å². The molecule has 2 heterocycles. The van der Waals surface area contributed by atoms with Gasteiger partial charge >= 0.3 is 5.97 Å². The van der Waals surface area contributed by atoms with E-state index in [9.17, 15) is 14.7 Å². The summed E-state index contributed by atoms with van der Waals surface area (Å²) in [5, 5.41) is 14.4. The molecule has 2 aliphatic rings. The zero-order valence-corrected chi connectivity index (χ0v) is 14.0. The van der Waals surface area contributed by atoms with Crippen LogP contribution in [0.25, 0.3) is 0 Å². The summed E-state index contributed by atoms with van der Waals surface area (Å²) in [7, 11) is 0. The maximum atomic E-state index is 12.7. The van der Waals surface area contributed by atoms with Crippen LogP contribution in [0.5, 0.6) is 0 Å². The minimum atomic E-state index is -0.683. The summed E-state index contributed by atoms with van der Waals surface area (Å²) < 4.78 is 1.97. The number of aliphatic carboxylic acids is 1. The number of hydrogen-bond acceptors (Lipinski definition) is 3. The molecular formula is C18H20N2O3S. The van der Waals surface area contributed by atoms with Crippen molar-refractivity contribution >= 4 is 23.2 Å². The van der Waals surface area contributed by atoms with Gasteiger partial charge in [-0.25, -0.2) is 0 Å². The van der Waals surface area contributed by atoms with Crippen molar-refractivity contribution in [3.05, 3.63) is 46.4 Å². The molecule has 0 saturated heterocycles. The molecule has 0 aromatic carbocycles. The van der Waals surface area contributed by atoms with Crippen molar-refractivity contribution < 1.29 is 14.7 Å². The number of fused-ring (bicyclic) bond motifs is 2. The average Bonchev–Trinajstić information content (AvgIpc) is 3.31. The maximum absolute atomic E-state index is 12.7. The fourth-order valence-electron chi connectivity index (χ4n) is 4.33. The molecule has 0 unspecified atom stereocenters. The standard InChI is InChI=1S/C18H20N2O3S/c21-17(16-4-1-5-20(16)10-13-3-2-6-24-13)19-15-9-11-7-12(15)8-14(11)18(22)23/h1-6,11-12,14-15H,7-10H2,(H,19,21)(H,22,23)/t11-,12-,14-,15-/m1/s1. The van der Waals surface area contributed by atoms with Gasteiger partial charge in [0.05, 0.1) is 12.5 Å². The first-order chi connectivity index (χ1) is 11.6. The summed E-state index contributed by atoms with van der Waals surface area (Å²) in [6, 6.07) is 7.93. The Labute approximate surface area is 144 Å². The topological polar surface area (TPSA) is 71.3 Å². The molecule has 5 nitrogen and oxygen atoms in total. The Hall–Kier alpha value is -2.08. The summed E-state index contributed by atoms with van der Waals surface area (Å²) in [5.74, 6) is -0.430. The van der Waals surface area contributed by atoms with Gasteiger partial charge in [-0.2, -0.15) is 0 Å². The summed E-state index contributed by atoms with van der Waals surface area (Å²) in [4.78, 5) is 25.1. The van der Waals surface area contributed by atoms with Crippen molar-refractivity contribution in [1.82, 2.24) is 9.88 Å². The number of carboxylic acid groups (broad SMARTS) is 1. The molecule has 1 amide bonds. The second-order valence-corrected chi connectivity index (χ2v) is 7.88. The van der Waals surface area contributed by atoms with Crippen LogP contribution in [0.4, 0.5) is 0 Å². The van der Waals surface area contributed by atoms with E-state index in [1.54, 1.807) is 11.3 Å². The predicted octanol–water partition coefficient (Wildman–Crippen LogP) is 2.83. The van der Waals surface area contributed by atoms with Crippen molar-refractivity contribution in [3.8, 4) is 0 Å². The number of nitrogens with one attached hydrogen (secondary N) is 1. The lowest BCUT2D eigenvalue weighted by atomic mass is 9.86. The third-order valence-corrected chi connectivity index (χ3v) is 6.32.